The molecular formula is C20H23N3O4S. The van der Waals surface area contributed by atoms with Gasteiger partial charge in [0.1, 0.15) is 12.3 Å². The van der Waals surface area contributed by atoms with E-state index < -0.39 is 15.9 Å². The van der Waals surface area contributed by atoms with Crippen LogP contribution in [0, 0.1) is 0 Å². The topological polar surface area (TPSA) is 87.7 Å². The molecule has 0 unspecified atom stereocenters. The van der Waals surface area contributed by atoms with Gasteiger partial charge in [0.25, 0.3) is 15.9 Å². The molecule has 3 rings (SSSR count). The molecule has 0 radical (unpaired) electrons. The van der Waals surface area contributed by atoms with Crippen molar-refractivity contribution in [2.75, 3.05) is 18.0 Å². The molecule has 0 fully saturated rings. The Hall–Kier alpha value is -3.00. The number of amides is 1. The smallest absolute Gasteiger partial charge is 0.264 e. The minimum atomic E-state index is -3.92. The largest absolute Gasteiger partial charge is 0.497 e. The summed E-state index contributed by atoms with van der Waals surface area (Å²) in [5, 5.41) is 0. The number of anilines is 1. The lowest BCUT2D eigenvalue weighted by molar-refractivity contribution is -0.120. The van der Waals surface area contributed by atoms with Crippen molar-refractivity contribution in [2.45, 2.75) is 24.2 Å². The summed E-state index contributed by atoms with van der Waals surface area (Å²) in [7, 11) is -2.38. The van der Waals surface area contributed by atoms with E-state index in [9.17, 15) is 13.2 Å². The van der Waals surface area contributed by atoms with Crippen molar-refractivity contribution >= 4 is 21.6 Å². The Labute approximate surface area is 165 Å². The molecule has 0 saturated carbocycles. The van der Waals surface area contributed by atoms with Gasteiger partial charge in [-0.2, -0.15) is 0 Å². The lowest BCUT2D eigenvalue weighted by Gasteiger charge is -2.24. The standard InChI is InChI=1S/C20H23N3O4S/c1-27-18-13-11-17(12-14-18)23(28(25,26)19-9-3-2-4-10-19)15-20(24)22-21-16-7-5-6-8-16/h2-4,7,9-14,21H,5-6,8,15H2,1H3,(H,22,24). The van der Waals surface area contributed by atoms with E-state index in [0.29, 0.717) is 11.4 Å². The summed E-state index contributed by atoms with van der Waals surface area (Å²) in [5.74, 6) is 0.142. The zero-order valence-electron chi connectivity index (χ0n) is 15.6. The second kappa shape index (κ2) is 8.79. The van der Waals surface area contributed by atoms with Gasteiger partial charge in [0.05, 0.1) is 17.7 Å². The highest BCUT2D eigenvalue weighted by molar-refractivity contribution is 7.92. The lowest BCUT2D eigenvalue weighted by atomic mass is 10.3. The molecule has 2 aromatic rings. The summed E-state index contributed by atoms with van der Waals surface area (Å²) in [6.45, 7) is -0.357. The molecule has 1 amide bonds. The predicted molar refractivity (Wildman–Crippen MR) is 107 cm³/mol. The molecule has 0 aliphatic heterocycles. The molecule has 0 bridgehead atoms. The zero-order chi connectivity index (χ0) is 20.0. The Morgan fingerprint density at radius 1 is 1.11 bits per heavy atom. The quantitative estimate of drug-likeness (QED) is 0.664. The van der Waals surface area contributed by atoms with Crippen LogP contribution in [-0.4, -0.2) is 28.0 Å². The number of hydrogen-bond donors (Lipinski definition) is 2. The van der Waals surface area contributed by atoms with Gasteiger partial charge in [-0.3, -0.25) is 14.5 Å². The number of hydrogen-bond acceptors (Lipinski definition) is 5. The van der Waals surface area contributed by atoms with Gasteiger partial charge in [-0.1, -0.05) is 24.3 Å². The van der Waals surface area contributed by atoms with Gasteiger partial charge in [-0.05, 0) is 55.7 Å². The van der Waals surface area contributed by atoms with Crippen LogP contribution in [0.4, 0.5) is 5.69 Å². The molecule has 0 heterocycles. The van der Waals surface area contributed by atoms with Crippen molar-refractivity contribution in [1.82, 2.24) is 10.9 Å². The molecule has 0 aromatic heterocycles. The third kappa shape index (κ3) is 4.64. The lowest BCUT2D eigenvalue weighted by Crippen LogP contribution is -2.45. The Balaban J connectivity index is 1.84. The van der Waals surface area contributed by atoms with Crippen LogP contribution in [0.1, 0.15) is 19.3 Å². The summed E-state index contributed by atoms with van der Waals surface area (Å²) in [4.78, 5) is 12.6. The summed E-state index contributed by atoms with van der Waals surface area (Å²) >= 11 is 0. The van der Waals surface area contributed by atoms with Crippen LogP contribution in [0.5, 0.6) is 5.75 Å². The van der Waals surface area contributed by atoms with Crippen LogP contribution in [0.3, 0.4) is 0 Å². The number of carbonyl (C=O) groups excluding carboxylic acids is 1. The average Bonchev–Trinajstić information content (AvgIpc) is 3.25. The fourth-order valence-electron chi connectivity index (χ4n) is 2.89. The summed E-state index contributed by atoms with van der Waals surface area (Å²) < 4.78 is 32.5. The minimum absolute atomic E-state index is 0.116. The van der Waals surface area contributed by atoms with Gasteiger partial charge < -0.3 is 10.2 Å². The molecule has 0 spiro atoms. The highest BCUT2D eigenvalue weighted by Crippen LogP contribution is 2.25. The van der Waals surface area contributed by atoms with Crippen LogP contribution in [0.15, 0.2) is 71.3 Å². The number of sulfonamides is 1. The van der Waals surface area contributed by atoms with E-state index in [0.717, 1.165) is 29.3 Å². The summed E-state index contributed by atoms with van der Waals surface area (Å²) in [5.41, 5.74) is 6.77. The Morgan fingerprint density at radius 3 is 2.43 bits per heavy atom. The molecule has 1 aliphatic carbocycles. The fourth-order valence-corrected chi connectivity index (χ4v) is 4.33. The Bertz CT molecular complexity index is 941. The molecule has 0 saturated heterocycles. The van der Waals surface area contributed by atoms with Crippen molar-refractivity contribution in [2.24, 2.45) is 0 Å². The normalized spacial score (nSPS) is 13.5. The maximum absolute atomic E-state index is 13.2. The van der Waals surface area contributed by atoms with Gasteiger partial charge in [0.2, 0.25) is 0 Å². The first-order valence-electron chi connectivity index (χ1n) is 8.96. The number of rotatable bonds is 8. The second-order valence-corrected chi connectivity index (χ2v) is 8.18. The molecule has 2 aromatic carbocycles. The molecule has 8 heteroatoms. The van der Waals surface area contributed by atoms with Gasteiger partial charge in [-0.15, -0.1) is 0 Å². The van der Waals surface area contributed by atoms with E-state index in [1.165, 1.54) is 19.2 Å². The second-order valence-electron chi connectivity index (χ2n) is 6.32. The molecular weight excluding hydrogens is 378 g/mol. The number of ether oxygens (including phenoxy) is 1. The first-order chi connectivity index (χ1) is 13.5. The summed E-state index contributed by atoms with van der Waals surface area (Å²) in [6.07, 6.45) is 4.89. The van der Waals surface area contributed by atoms with E-state index in [4.69, 9.17) is 4.74 Å². The molecule has 148 valence electrons. The van der Waals surface area contributed by atoms with Crippen LogP contribution < -0.4 is 19.9 Å². The van der Waals surface area contributed by atoms with Crippen LogP contribution in [0.25, 0.3) is 0 Å². The third-order valence-electron chi connectivity index (χ3n) is 4.38. The van der Waals surface area contributed by atoms with Gasteiger partial charge in [-0.25, -0.2) is 8.42 Å². The molecule has 7 nitrogen and oxygen atoms in total. The van der Waals surface area contributed by atoms with Crippen molar-refractivity contribution in [3.63, 3.8) is 0 Å². The number of methoxy groups -OCH3 is 1. The van der Waals surface area contributed by atoms with Gasteiger partial charge in [0, 0.05) is 5.70 Å². The fraction of sp³-hybridized carbons (Fsp3) is 0.250. The third-order valence-corrected chi connectivity index (χ3v) is 6.17. The van der Waals surface area contributed by atoms with Crippen LogP contribution >= 0.6 is 0 Å². The van der Waals surface area contributed by atoms with Gasteiger partial charge in [0.15, 0.2) is 0 Å². The maximum atomic E-state index is 13.2. The summed E-state index contributed by atoms with van der Waals surface area (Å²) in [6, 6.07) is 14.6. The molecule has 2 N–H and O–H groups in total. The number of hydrazine groups is 1. The van der Waals surface area contributed by atoms with Crippen molar-refractivity contribution in [3.05, 3.63) is 66.4 Å². The van der Waals surface area contributed by atoms with Crippen LogP contribution in [-0.2, 0) is 14.8 Å². The SMILES string of the molecule is COc1ccc(N(CC(=O)NNC2=CCCC2)S(=O)(=O)c2ccccc2)cc1. The molecule has 0 atom stereocenters. The highest BCUT2D eigenvalue weighted by Gasteiger charge is 2.27. The number of allylic oxidation sites excluding steroid dienone is 2. The van der Waals surface area contributed by atoms with Gasteiger partial charge >= 0.3 is 0 Å². The predicted octanol–water partition coefficient (Wildman–Crippen LogP) is 2.58. The van der Waals surface area contributed by atoms with Crippen molar-refractivity contribution in [1.29, 1.82) is 0 Å². The Morgan fingerprint density at radius 2 is 1.82 bits per heavy atom. The number of benzene rings is 2. The van der Waals surface area contributed by atoms with E-state index >= 15 is 0 Å². The van der Waals surface area contributed by atoms with Crippen LogP contribution in [0.2, 0.25) is 0 Å². The molecule has 1 aliphatic rings. The maximum Gasteiger partial charge on any atom is 0.264 e. The number of nitrogens with one attached hydrogen (secondary N) is 2. The van der Waals surface area contributed by atoms with Crippen molar-refractivity contribution < 1.29 is 17.9 Å². The Kier molecular flexibility index (Phi) is 6.20. The average molecular weight is 401 g/mol. The minimum Gasteiger partial charge on any atom is -0.497 e. The first-order valence-corrected chi connectivity index (χ1v) is 10.4. The van der Waals surface area contributed by atoms with E-state index in [2.05, 4.69) is 10.9 Å². The van der Waals surface area contributed by atoms with E-state index in [-0.39, 0.29) is 11.4 Å². The van der Waals surface area contributed by atoms with E-state index in [1.807, 2.05) is 6.08 Å². The van der Waals surface area contributed by atoms with Crippen molar-refractivity contribution in [3.8, 4) is 5.75 Å². The molecule has 28 heavy (non-hydrogen) atoms. The highest BCUT2D eigenvalue weighted by atomic mass is 32.2. The van der Waals surface area contributed by atoms with E-state index in [1.54, 1.807) is 42.5 Å². The number of carbonyl (C=O) groups is 1. The first kappa shape index (κ1) is 19.8. The zero-order valence-corrected chi connectivity index (χ0v) is 16.4. The number of nitrogens with zero attached hydrogens (tertiary/aromatic N) is 1. The monoisotopic (exact) mass is 401 g/mol.